The summed E-state index contributed by atoms with van der Waals surface area (Å²) in [5, 5.41) is 3.10. The predicted molar refractivity (Wildman–Crippen MR) is 118 cm³/mol. The van der Waals surface area contributed by atoms with Crippen LogP contribution >= 0.6 is 0 Å². The van der Waals surface area contributed by atoms with Crippen LogP contribution in [0, 0.1) is 13.8 Å². The summed E-state index contributed by atoms with van der Waals surface area (Å²) in [6.07, 6.45) is 4.49. The number of aryl methyl sites for hydroxylation is 2. The van der Waals surface area contributed by atoms with E-state index < -0.39 is 10.8 Å². The molecule has 1 fully saturated rings. The topological polar surface area (TPSA) is 72.2 Å². The highest BCUT2D eigenvalue weighted by atomic mass is 32.2. The summed E-state index contributed by atoms with van der Waals surface area (Å²) in [4.78, 5) is 17.7. The SMILES string of the molecule is Cc1ccc(S(=O)Cc2nc(-c3ccc(C(=O)NC4CCCC4)cc3)oc2C)cc1. The molecular weight excluding hydrogens is 396 g/mol. The fraction of sp³-hybridized carbons (Fsp3) is 0.333. The van der Waals surface area contributed by atoms with Gasteiger partial charge in [0.25, 0.3) is 5.91 Å². The molecule has 5 nitrogen and oxygen atoms in total. The Bertz CT molecular complexity index is 1050. The van der Waals surface area contributed by atoms with Crippen LogP contribution in [0.3, 0.4) is 0 Å². The molecule has 3 aromatic rings. The van der Waals surface area contributed by atoms with E-state index in [1.54, 1.807) is 12.1 Å². The van der Waals surface area contributed by atoms with E-state index in [9.17, 15) is 9.00 Å². The fourth-order valence-corrected chi connectivity index (χ4v) is 4.81. The second-order valence-corrected chi connectivity index (χ2v) is 9.31. The number of aromatic nitrogens is 1. The zero-order chi connectivity index (χ0) is 21.1. The van der Waals surface area contributed by atoms with Gasteiger partial charge >= 0.3 is 0 Å². The highest BCUT2D eigenvalue weighted by Crippen LogP contribution is 2.24. The third kappa shape index (κ3) is 4.70. The Morgan fingerprint density at radius 3 is 2.40 bits per heavy atom. The van der Waals surface area contributed by atoms with E-state index in [2.05, 4.69) is 10.3 Å². The molecule has 4 rings (SSSR count). The molecule has 0 spiro atoms. The third-order valence-electron chi connectivity index (χ3n) is 5.53. The van der Waals surface area contributed by atoms with E-state index >= 15 is 0 Å². The molecule has 1 aliphatic rings. The number of carbonyl (C=O) groups is 1. The largest absolute Gasteiger partial charge is 0.441 e. The van der Waals surface area contributed by atoms with Crippen LogP contribution in [-0.4, -0.2) is 21.1 Å². The molecule has 30 heavy (non-hydrogen) atoms. The Morgan fingerprint density at radius 1 is 1.07 bits per heavy atom. The lowest BCUT2D eigenvalue weighted by Crippen LogP contribution is -2.32. The molecule has 1 aromatic heterocycles. The smallest absolute Gasteiger partial charge is 0.251 e. The maximum Gasteiger partial charge on any atom is 0.251 e. The van der Waals surface area contributed by atoms with Crippen molar-refractivity contribution in [2.75, 3.05) is 0 Å². The van der Waals surface area contributed by atoms with Gasteiger partial charge in [0.2, 0.25) is 5.89 Å². The normalized spacial score (nSPS) is 15.3. The van der Waals surface area contributed by atoms with Crippen LogP contribution in [0.25, 0.3) is 11.5 Å². The van der Waals surface area contributed by atoms with Crippen molar-refractivity contribution in [1.29, 1.82) is 0 Å². The van der Waals surface area contributed by atoms with E-state index in [1.165, 1.54) is 12.8 Å². The highest BCUT2D eigenvalue weighted by Gasteiger charge is 2.19. The maximum absolute atomic E-state index is 12.7. The van der Waals surface area contributed by atoms with Gasteiger partial charge in [-0.1, -0.05) is 30.5 Å². The molecule has 1 amide bonds. The highest BCUT2D eigenvalue weighted by molar-refractivity contribution is 7.84. The first kappa shape index (κ1) is 20.5. The van der Waals surface area contributed by atoms with E-state index in [-0.39, 0.29) is 5.91 Å². The number of nitrogens with zero attached hydrogens (tertiary/aromatic N) is 1. The number of rotatable bonds is 6. The zero-order valence-electron chi connectivity index (χ0n) is 17.3. The van der Waals surface area contributed by atoms with Gasteiger partial charge in [-0.25, -0.2) is 4.98 Å². The van der Waals surface area contributed by atoms with Crippen LogP contribution in [0.2, 0.25) is 0 Å². The second-order valence-electron chi connectivity index (χ2n) is 7.86. The summed E-state index contributed by atoms with van der Waals surface area (Å²) < 4.78 is 18.5. The van der Waals surface area contributed by atoms with Gasteiger partial charge in [-0.05, 0) is 63.1 Å². The zero-order valence-corrected chi connectivity index (χ0v) is 18.1. The first-order chi connectivity index (χ1) is 14.5. The minimum Gasteiger partial charge on any atom is -0.441 e. The molecule has 1 aliphatic carbocycles. The lowest BCUT2D eigenvalue weighted by Gasteiger charge is -2.11. The van der Waals surface area contributed by atoms with E-state index in [0.29, 0.717) is 34.7 Å². The lowest BCUT2D eigenvalue weighted by atomic mass is 10.1. The number of benzene rings is 2. The number of amides is 1. The van der Waals surface area contributed by atoms with Gasteiger partial charge in [0, 0.05) is 22.1 Å². The van der Waals surface area contributed by atoms with Gasteiger partial charge in [0.1, 0.15) is 5.76 Å². The van der Waals surface area contributed by atoms with Gasteiger partial charge in [0.15, 0.2) is 0 Å². The van der Waals surface area contributed by atoms with Crippen molar-refractivity contribution >= 4 is 16.7 Å². The van der Waals surface area contributed by atoms with Crippen LogP contribution in [-0.2, 0) is 16.6 Å². The number of nitrogens with one attached hydrogen (secondary N) is 1. The van der Waals surface area contributed by atoms with E-state index in [0.717, 1.165) is 28.9 Å². The van der Waals surface area contributed by atoms with Crippen LogP contribution in [0.5, 0.6) is 0 Å². The first-order valence-electron chi connectivity index (χ1n) is 10.3. The average molecular weight is 423 g/mol. The van der Waals surface area contributed by atoms with Crippen molar-refractivity contribution in [2.45, 2.75) is 56.2 Å². The molecule has 1 N–H and O–H groups in total. The lowest BCUT2D eigenvalue weighted by molar-refractivity contribution is 0.0938. The van der Waals surface area contributed by atoms with Crippen molar-refractivity contribution in [3.05, 3.63) is 71.1 Å². The molecule has 0 aliphatic heterocycles. The number of hydrogen-bond acceptors (Lipinski definition) is 4. The van der Waals surface area contributed by atoms with Crippen molar-refractivity contribution in [3.8, 4) is 11.5 Å². The molecule has 2 aromatic carbocycles. The molecular formula is C24H26N2O3S. The monoisotopic (exact) mass is 422 g/mol. The Hall–Kier alpha value is -2.73. The molecule has 156 valence electrons. The van der Waals surface area contributed by atoms with Crippen LogP contribution in [0.4, 0.5) is 0 Å². The maximum atomic E-state index is 12.7. The van der Waals surface area contributed by atoms with E-state index in [1.807, 2.05) is 50.2 Å². The summed E-state index contributed by atoms with van der Waals surface area (Å²) in [5.74, 6) is 1.41. The Morgan fingerprint density at radius 2 is 1.73 bits per heavy atom. The molecule has 0 saturated heterocycles. The number of hydrogen-bond donors (Lipinski definition) is 1. The molecule has 6 heteroatoms. The van der Waals surface area contributed by atoms with Crippen molar-refractivity contribution in [3.63, 3.8) is 0 Å². The number of carbonyl (C=O) groups excluding carboxylic acids is 1. The van der Waals surface area contributed by atoms with Crippen LogP contribution in [0.1, 0.15) is 53.1 Å². The molecule has 1 saturated carbocycles. The summed E-state index contributed by atoms with van der Waals surface area (Å²) >= 11 is 0. The second kappa shape index (κ2) is 8.96. The number of oxazole rings is 1. The Kier molecular flexibility index (Phi) is 6.13. The summed E-state index contributed by atoms with van der Waals surface area (Å²) in [7, 11) is -1.18. The fourth-order valence-electron chi connectivity index (χ4n) is 3.69. The quantitative estimate of drug-likeness (QED) is 0.611. The van der Waals surface area contributed by atoms with Crippen molar-refractivity contribution in [1.82, 2.24) is 10.3 Å². The van der Waals surface area contributed by atoms with Crippen molar-refractivity contribution in [2.24, 2.45) is 0 Å². The minimum atomic E-state index is -1.18. The average Bonchev–Trinajstić information content (AvgIpc) is 3.38. The summed E-state index contributed by atoms with van der Waals surface area (Å²) in [6.45, 7) is 3.84. The van der Waals surface area contributed by atoms with Gasteiger partial charge < -0.3 is 9.73 Å². The molecule has 1 heterocycles. The van der Waals surface area contributed by atoms with Gasteiger partial charge in [0.05, 0.1) is 22.2 Å². The molecule has 1 atom stereocenters. The summed E-state index contributed by atoms with van der Waals surface area (Å²) in [5.41, 5.74) is 3.25. The first-order valence-corrected chi connectivity index (χ1v) is 11.6. The standard InChI is InChI=1S/C24H26N2O3S/c1-16-7-13-21(14-8-16)30(28)15-22-17(2)29-24(26-22)19-11-9-18(10-12-19)23(27)25-20-5-3-4-6-20/h7-14,20H,3-6,15H2,1-2H3,(H,25,27). The predicted octanol–water partition coefficient (Wildman–Crippen LogP) is 4.94. The van der Waals surface area contributed by atoms with Crippen molar-refractivity contribution < 1.29 is 13.4 Å². The Balaban J connectivity index is 1.45. The van der Waals surface area contributed by atoms with Gasteiger partial charge in [-0.2, -0.15) is 0 Å². The molecule has 0 radical (unpaired) electrons. The van der Waals surface area contributed by atoms with Gasteiger partial charge in [-0.3, -0.25) is 9.00 Å². The summed E-state index contributed by atoms with van der Waals surface area (Å²) in [6, 6.07) is 15.3. The van der Waals surface area contributed by atoms with Crippen LogP contribution in [0.15, 0.2) is 57.8 Å². The Labute approximate surface area is 179 Å². The minimum absolute atomic E-state index is 0.0359. The molecule has 1 unspecified atom stereocenters. The van der Waals surface area contributed by atoms with Crippen LogP contribution < -0.4 is 5.32 Å². The van der Waals surface area contributed by atoms with Gasteiger partial charge in [-0.15, -0.1) is 0 Å². The third-order valence-corrected chi connectivity index (χ3v) is 6.86. The van der Waals surface area contributed by atoms with E-state index in [4.69, 9.17) is 4.42 Å². The molecule has 0 bridgehead atoms.